The van der Waals surface area contributed by atoms with Crippen molar-refractivity contribution < 1.29 is 28.9 Å². The predicted octanol–water partition coefficient (Wildman–Crippen LogP) is 1.53. The maximum absolute atomic E-state index is 13.5. The van der Waals surface area contributed by atoms with Crippen molar-refractivity contribution in [2.75, 3.05) is 18.6 Å². The molecule has 1 aromatic rings. The summed E-state index contributed by atoms with van der Waals surface area (Å²) in [5.41, 5.74) is 0.838. The molecule has 0 unspecified atom stereocenters. The third-order valence-corrected chi connectivity index (χ3v) is 6.96. The van der Waals surface area contributed by atoms with Crippen LogP contribution in [-0.4, -0.2) is 48.4 Å². The van der Waals surface area contributed by atoms with Crippen LogP contribution in [0.3, 0.4) is 0 Å². The molecule has 1 spiro atoms. The Hall–Kier alpha value is -2.38. The largest absolute Gasteiger partial charge is 0.497 e. The van der Waals surface area contributed by atoms with E-state index < -0.39 is 29.5 Å². The van der Waals surface area contributed by atoms with Crippen molar-refractivity contribution in [1.29, 1.82) is 0 Å². The lowest BCUT2D eigenvalue weighted by atomic mass is 9.70. The van der Waals surface area contributed by atoms with Gasteiger partial charge in [0.05, 0.1) is 37.0 Å². The minimum absolute atomic E-state index is 0.0644. The number of ether oxygens (including phenoxy) is 3. The normalized spacial score (nSPS) is 42.7. The van der Waals surface area contributed by atoms with Gasteiger partial charge in [0.1, 0.15) is 17.3 Å². The molecule has 7 atom stereocenters. The highest BCUT2D eigenvalue weighted by Gasteiger charge is 2.74. The smallest absolute Gasteiger partial charge is 0.310 e. The monoisotopic (exact) mass is 369 g/mol. The fourth-order valence-electron chi connectivity index (χ4n) is 6.02. The summed E-state index contributed by atoms with van der Waals surface area (Å²) in [4.78, 5) is 27.2. The van der Waals surface area contributed by atoms with Crippen LogP contribution in [0.15, 0.2) is 30.4 Å². The second-order valence-electron chi connectivity index (χ2n) is 7.96. The van der Waals surface area contributed by atoms with Gasteiger partial charge in [-0.2, -0.15) is 0 Å². The van der Waals surface area contributed by atoms with E-state index >= 15 is 0 Å². The number of carbonyl (C=O) groups excluding carboxylic acids is 1. The Morgan fingerprint density at radius 1 is 1.41 bits per heavy atom. The second-order valence-corrected chi connectivity index (χ2v) is 7.96. The maximum Gasteiger partial charge on any atom is 0.310 e. The van der Waals surface area contributed by atoms with Crippen LogP contribution < -0.4 is 9.64 Å². The molecule has 5 heterocycles. The molecule has 27 heavy (non-hydrogen) atoms. The molecular weight excluding hydrogens is 350 g/mol. The van der Waals surface area contributed by atoms with Crippen molar-refractivity contribution in [2.24, 2.45) is 17.8 Å². The molecule has 0 aromatic heterocycles. The van der Waals surface area contributed by atoms with Crippen LogP contribution in [-0.2, 0) is 19.1 Å². The van der Waals surface area contributed by atoms with E-state index in [1.807, 2.05) is 30.4 Å². The summed E-state index contributed by atoms with van der Waals surface area (Å²) in [6.07, 6.45) is 3.90. The number of fused-ring (bicyclic) bond motifs is 7. The van der Waals surface area contributed by atoms with Crippen LogP contribution in [0, 0.1) is 17.8 Å². The van der Waals surface area contributed by atoms with Crippen molar-refractivity contribution in [1.82, 2.24) is 0 Å². The first-order valence-corrected chi connectivity index (χ1v) is 9.29. The average Bonchev–Trinajstić information content (AvgIpc) is 3.41. The average molecular weight is 369 g/mol. The number of anilines is 1. The molecule has 1 aromatic carbocycles. The third kappa shape index (κ3) is 1.66. The third-order valence-electron chi connectivity index (χ3n) is 6.96. The minimum atomic E-state index is -0.974. The molecule has 2 bridgehead atoms. The van der Waals surface area contributed by atoms with Crippen molar-refractivity contribution in [3.05, 3.63) is 35.9 Å². The van der Waals surface area contributed by atoms with Crippen LogP contribution in [0.25, 0.3) is 0 Å². The summed E-state index contributed by atoms with van der Waals surface area (Å²) in [6.45, 7) is 0.612. The van der Waals surface area contributed by atoms with Gasteiger partial charge in [0.15, 0.2) is 0 Å². The van der Waals surface area contributed by atoms with Crippen LogP contribution in [0.4, 0.5) is 5.69 Å². The van der Waals surface area contributed by atoms with Crippen LogP contribution >= 0.6 is 0 Å². The van der Waals surface area contributed by atoms with E-state index in [0.717, 1.165) is 17.7 Å². The summed E-state index contributed by atoms with van der Waals surface area (Å²) in [7, 11) is 1.61. The van der Waals surface area contributed by atoms with Crippen molar-refractivity contribution in [3.63, 3.8) is 0 Å². The van der Waals surface area contributed by atoms with Gasteiger partial charge in [-0.25, -0.2) is 0 Å². The lowest BCUT2D eigenvalue weighted by Crippen LogP contribution is -2.53. The molecule has 0 saturated carbocycles. The zero-order chi connectivity index (χ0) is 18.5. The highest BCUT2D eigenvalue weighted by Crippen LogP contribution is 2.62. The number of rotatable bonds is 2. The Bertz CT molecular complexity index is 912. The minimum Gasteiger partial charge on any atom is -0.497 e. The number of nitrogens with zero attached hydrogens (tertiary/aromatic N) is 1. The number of hydrogen-bond donors (Lipinski definition) is 1. The molecule has 0 aliphatic carbocycles. The standard InChI is InChI=1S/C20H19NO6/c1-25-9-2-3-12-11(8-9)16-10(5-7-26-16)17-20-6-4-13(27-20)14(19(23)24)15(20)18(22)21(12)17/h2-4,6,8,10,13-17H,5,7H2,1H3,(H,23,24)/t10-,13+,14-,15-,16+,17-,20-/m0/s1. The summed E-state index contributed by atoms with van der Waals surface area (Å²) in [6, 6.07) is 5.39. The molecular formula is C20H19NO6. The first-order valence-electron chi connectivity index (χ1n) is 9.29. The summed E-state index contributed by atoms with van der Waals surface area (Å²) in [5, 5.41) is 9.76. The lowest BCUT2D eigenvalue weighted by Gasteiger charge is -2.44. The summed E-state index contributed by atoms with van der Waals surface area (Å²) < 4.78 is 17.7. The van der Waals surface area contributed by atoms with Crippen molar-refractivity contribution in [2.45, 2.75) is 30.3 Å². The quantitative estimate of drug-likeness (QED) is 0.796. The van der Waals surface area contributed by atoms with E-state index in [4.69, 9.17) is 14.2 Å². The molecule has 7 heteroatoms. The van der Waals surface area contributed by atoms with Gasteiger partial charge in [-0.1, -0.05) is 12.2 Å². The van der Waals surface area contributed by atoms with E-state index in [-0.39, 0.29) is 24.0 Å². The second kappa shape index (κ2) is 4.91. The van der Waals surface area contributed by atoms with Crippen LogP contribution in [0.5, 0.6) is 5.75 Å². The van der Waals surface area contributed by atoms with Gasteiger partial charge in [0.2, 0.25) is 5.91 Å². The Labute approximate surface area is 155 Å². The Kier molecular flexibility index (Phi) is 2.85. The van der Waals surface area contributed by atoms with Gasteiger partial charge in [-0.3, -0.25) is 9.59 Å². The Balaban J connectivity index is 1.57. The van der Waals surface area contributed by atoms with Gasteiger partial charge in [-0.15, -0.1) is 0 Å². The molecule has 1 N–H and O–H groups in total. The Morgan fingerprint density at radius 2 is 2.26 bits per heavy atom. The van der Waals surface area contributed by atoms with Crippen molar-refractivity contribution in [3.8, 4) is 5.75 Å². The molecule has 3 saturated heterocycles. The Morgan fingerprint density at radius 3 is 3.04 bits per heavy atom. The van der Waals surface area contributed by atoms with Gasteiger partial charge in [0.25, 0.3) is 0 Å². The molecule has 6 rings (SSSR count). The first-order chi connectivity index (χ1) is 13.1. The van der Waals surface area contributed by atoms with E-state index in [2.05, 4.69) is 0 Å². The molecule has 140 valence electrons. The number of hydrogen-bond acceptors (Lipinski definition) is 5. The fraction of sp³-hybridized carbons (Fsp3) is 0.500. The number of methoxy groups -OCH3 is 1. The number of amides is 1. The van der Waals surface area contributed by atoms with Gasteiger partial charge in [0, 0.05) is 18.1 Å². The number of carboxylic acids is 1. The number of benzene rings is 1. The summed E-state index contributed by atoms with van der Waals surface area (Å²) >= 11 is 0. The zero-order valence-electron chi connectivity index (χ0n) is 14.7. The first kappa shape index (κ1) is 15.7. The molecule has 1 amide bonds. The zero-order valence-corrected chi connectivity index (χ0v) is 14.7. The molecule has 3 fully saturated rings. The number of carboxylic acid groups (broad SMARTS) is 1. The van der Waals surface area contributed by atoms with Gasteiger partial charge >= 0.3 is 5.97 Å². The fourth-order valence-corrected chi connectivity index (χ4v) is 6.02. The van der Waals surface area contributed by atoms with E-state index in [0.29, 0.717) is 12.4 Å². The van der Waals surface area contributed by atoms with Crippen molar-refractivity contribution >= 4 is 17.6 Å². The number of aliphatic carboxylic acids is 1. The number of carbonyl (C=O) groups is 2. The van der Waals surface area contributed by atoms with Gasteiger partial charge in [-0.05, 0) is 24.6 Å². The summed E-state index contributed by atoms with van der Waals surface area (Å²) in [5.74, 6) is -1.88. The lowest BCUT2D eigenvalue weighted by molar-refractivity contribution is -0.146. The molecule has 5 aliphatic heterocycles. The molecule has 0 radical (unpaired) electrons. The predicted molar refractivity (Wildman–Crippen MR) is 92.4 cm³/mol. The van der Waals surface area contributed by atoms with Crippen LogP contribution in [0.1, 0.15) is 18.1 Å². The maximum atomic E-state index is 13.5. The molecule has 7 nitrogen and oxygen atoms in total. The highest BCUT2D eigenvalue weighted by atomic mass is 16.5. The topological polar surface area (TPSA) is 85.3 Å². The van der Waals surface area contributed by atoms with Gasteiger partial charge < -0.3 is 24.2 Å². The van der Waals surface area contributed by atoms with E-state index in [1.54, 1.807) is 12.0 Å². The SMILES string of the molecule is COc1ccc2c(c1)[C@@H]1OCC[C@@H]1[C@@H]1N2C(=O)[C@@H]2[C@@H](C(=O)O)[C@H]3C=C[C@]21O3. The van der Waals surface area contributed by atoms with Crippen LogP contribution in [0.2, 0.25) is 0 Å². The highest BCUT2D eigenvalue weighted by molar-refractivity contribution is 6.04. The van der Waals surface area contributed by atoms with E-state index in [1.165, 1.54) is 0 Å². The van der Waals surface area contributed by atoms with E-state index in [9.17, 15) is 14.7 Å². The molecule has 5 aliphatic rings.